The number of nitrogens with two attached hydrogens (primary N) is 1. The lowest BCUT2D eigenvalue weighted by Crippen LogP contribution is -2.37. The van der Waals surface area contributed by atoms with E-state index < -0.39 is 0 Å². The number of hydrogen-bond acceptors (Lipinski definition) is 3. The fourth-order valence-electron chi connectivity index (χ4n) is 2.26. The summed E-state index contributed by atoms with van der Waals surface area (Å²) in [5.74, 6) is 0. The number of benzene rings is 1. The largest absolute Gasteiger partial charge is 0.348 e. The van der Waals surface area contributed by atoms with Crippen molar-refractivity contribution in [3.63, 3.8) is 0 Å². The molecular weight excluding hydrogens is 250 g/mol. The monoisotopic (exact) mass is 279 g/mol. The molecule has 0 radical (unpaired) electrons. The van der Waals surface area contributed by atoms with Gasteiger partial charge in [-0.05, 0) is 18.4 Å². The van der Waals surface area contributed by atoms with Crippen LogP contribution < -0.4 is 5.73 Å². The number of rotatable bonds is 4. The number of hydrogen-bond donors (Lipinski definition) is 1. The molecule has 0 saturated carbocycles. The van der Waals surface area contributed by atoms with E-state index in [4.69, 9.17) is 15.2 Å². The third-order valence-electron chi connectivity index (χ3n) is 4.07. The second-order valence-corrected chi connectivity index (χ2v) is 5.11. The lowest BCUT2D eigenvalue weighted by molar-refractivity contribution is -0.235. The molecule has 0 spiro atoms. The Balaban J connectivity index is 0.000000956. The Morgan fingerprint density at radius 2 is 1.55 bits per heavy atom. The molecule has 0 atom stereocenters. The molecule has 3 heteroatoms. The Labute approximate surface area is 123 Å². The molecule has 0 unspecified atom stereocenters. The third kappa shape index (κ3) is 4.05. The first kappa shape index (κ1) is 17.2. The van der Waals surface area contributed by atoms with Crippen molar-refractivity contribution in [2.45, 2.75) is 53.4 Å². The molecule has 1 aliphatic rings. The van der Waals surface area contributed by atoms with Gasteiger partial charge in [-0.25, -0.2) is 0 Å². The first-order valence-corrected chi connectivity index (χ1v) is 7.75. The molecule has 1 aromatic rings. The molecule has 0 bridgehead atoms. The van der Waals surface area contributed by atoms with Gasteiger partial charge in [0.1, 0.15) is 0 Å². The zero-order valence-corrected chi connectivity index (χ0v) is 13.3. The van der Waals surface area contributed by atoms with Gasteiger partial charge in [0, 0.05) is 17.5 Å². The van der Waals surface area contributed by atoms with Gasteiger partial charge < -0.3 is 15.2 Å². The molecule has 114 valence electrons. The fraction of sp³-hybridized carbons (Fsp3) is 0.647. The van der Waals surface area contributed by atoms with Gasteiger partial charge in [-0.15, -0.1) is 0 Å². The smallest absolute Gasteiger partial charge is 0.183 e. The zero-order valence-electron chi connectivity index (χ0n) is 13.3. The highest BCUT2D eigenvalue weighted by molar-refractivity contribution is 5.23. The van der Waals surface area contributed by atoms with Gasteiger partial charge >= 0.3 is 0 Å². The summed E-state index contributed by atoms with van der Waals surface area (Å²) < 4.78 is 11.8. The van der Waals surface area contributed by atoms with Crippen molar-refractivity contribution in [3.05, 3.63) is 35.4 Å². The van der Waals surface area contributed by atoms with Crippen LogP contribution in [0.25, 0.3) is 0 Å². The average molecular weight is 279 g/mol. The van der Waals surface area contributed by atoms with Crippen LogP contribution in [0, 0.1) is 5.41 Å². The molecule has 1 aromatic carbocycles. The van der Waals surface area contributed by atoms with Crippen LogP contribution in [-0.2, 0) is 16.0 Å². The quantitative estimate of drug-likeness (QED) is 0.905. The number of ether oxygens (including phenoxy) is 2. The SMILES string of the molecule is CC.CCC1(CC)COC(c2ccc(CN)cc2)OC1. The molecule has 0 aliphatic carbocycles. The minimum absolute atomic E-state index is 0.202. The van der Waals surface area contributed by atoms with E-state index in [1.807, 2.05) is 38.1 Å². The molecule has 3 nitrogen and oxygen atoms in total. The van der Waals surface area contributed by atoms with Crippen molar-refractivity contribution >= 4 is 0 Å². The Kier molecular flexibility index (Phi) is 7.20. The van der Waals surface area contributed by atoms with Crippen molar-refractivity contribution in [2.24, 2.45) is 11.1 Å². The van der Waals surface area contributed by atoms with Crippen LogP contribution >= 0.6 is 0 Å². The summed E-state index contributed by atoms with van der Waals surface area (Å²) in [5, 5.41) is 0. The molecule has 1 saturated heterocycles. The Morgan fingerprint density at radius 1 is 1.05 bits per heavy atom. The van der Waals surface area contributed by atoms with Crippen molar-refractivity contribution in [2.75, 3.05) is 13.2 Å². The summed E-state index contributed by atoms with van der Waals surface area (Å²) in [4.78, 5) is 0. The Morgan fingerprint density at radius 3 is 1.95 bits per heavy atom. The van der Waals surface area contributed by atoms with Crippen molar-refractivity contribution in [1.82, 2.24) is 0 Å². The highest BCUT2D eigenvalue weighted by atomic mass is 16.7. The van der Waals surface area contributed by atoms with Crippen molar-refractivity contribution in [3.8, 4) is 0 Å². The topological polar surface area (TPSA) is 44.5 Å². The van der Waals surface area contributed by atoms with E-state index in [0.29, 0.717) is 6.54 Å². The van der Waals surface area contributed by atoms with Crippen LogP contribution in [0.15, 0.2) is 24.3 Å². The van der Waals surface area contributed by atoms with Gasteiger partial charge in [0.25, 0.3) is 0 Å². The minimum atomic E-state index is -0.219. The molecule has 2 N–H and O–H groups in total. The lowest BCUT2D eigenvalue weighted by atomic mass is 9.83. The predicted octanol–water partition coefficient (Wildman–Crippen LogP) is 4.02. The molecule has 1 heterocycles. The van der Waals surface area contributed by atoms with E-state index in [2.05, 4.69) is 13.8 Å². The molecule has 0 amide bonds. The maximum absolute atomic E-state index is 5.88. The summed E-state index contributed by atoms with van der Waals surface area (Å²) >= 11 is 0. The maximum Gasteiger partial charge on any atom is 0.183 e. The second-order valence-electron chi connectivity index (χ2n) is 5.11. The molecule has 1 aliphatic heterocycles. The Hall–Kier alpha value is -0.900. The predicted molar refractivity (Wildman–Crippen MR) is 83.3 cm³/mol. The van der Waals surface area contributed by atoms with E-state index in [-0.39, 0.29) is 11.7 Å². The van der Waals surface area contributed by atoms with E-state index in [1.54, 1.807) is 0 Å². The van der Waals surface area contributed by atoms with Gasteiger partial charge in [0.2, 0.25) is 0 Å². The molecule has 1 fully saturated rings. The first-order chi connectivity index (χ1) is 9.73. The van der Waals surface area contributed by atoms with Crippen LogP contribution in [0.4, 0.5) is 0 Å². The minimum Gasteiger partial charge on any atom is -0.348 e. The second kappa shape index (κ2) is 8.40. The summed E-state index contributed by atoms with van der Waals surface area (Å²) in [5.41, 5.74) is 8.00. The van der Waals surface area contributed by atoms with Gasteiger partial charge in [0.15, 0.2) is 6.29 Å². The molecule has 0 aromatic heterocycles. The summed E-state index contributed by atoms with van der Waals surface area (Å²) in [6.45, 7) is 10.5. The molecule has 2 rings (SSSR count). The van der Waals surface area contributed by atoms with E-state index >= 15 is 0 Å². The highest BCUT2D eigenvalue weighted by Crippen LogP contribution is 2.36. The van der Waals surface area contributed by atoms with Crippen LogP contribution in [0.5, 0.6) is 0 Å². The Bertz CT molecular complexity index is 361. The van der Waals surface area contributed by atoms with Crippen LogP contribution in [0.1, 0.15) is 58.0 Å². The van der Waals surface area contributed by atoms with Crippen molar-refractivity contribution < 1.29 is 9.47 Å². The molecule has 20 heavy (non-hydrogen) atoms. The van der Waals surface area contributed by atoms with Crippen molar-refractivity contribution in [1.29, 1.82) is 0 Å². The highest BCUT2D eigenvalue weighted by Gasteiger charge is 2.34. The van der Waals surface area contributed by atoms with E-state index in [1.165, 1.54) is 0 Å². The summed E-state index contributed by atoms with van der Waals surface area (Å²) in [6.07, 6.45) is 1.98. The van der Waals surface area contributed by atoms with Gasteiger partial charge in [-0.2, -0.15) is 0 Å². The van der Waals surface area contributed by atoms with Crippen LogP contribution in [-0.4, -0.2) is 13.2 Å². The summed E-state index contributed by atoms with van der Waals surface area (Å²) in [7, 11) is 0. The van der Waals surface area contributed by atoms with Crippen LogP contribution in [0.2, 0.25) is 0 Å². The third-order valence-corrected chi connectivity index (χ3v) is 4.07. The average Bonchev–Trinajstić information content (AvgIpc) is 2.57. The van der Waals surface area contributed by atoms with E-state index in [0.717, 1.165) is 37.2 Å². The van der Waals surface area contributed by atoms with Gasteiger partial charge in [-0.3, -0.25) is 0 Å². The van der Waals surface area contributed by atoms with Crippen LogP contribution in [0.3, 0.4) is 0 Å². The standard InChI is InChI=1S/C15H23NO2.C2H6/c1-3-15(4-2)10-17-14(18-11-15)13-7-5-12(9-16)6-8-13;1-2/h5-8,14H,3-4,9-11,16H2,1-2H3;1-2H3. The maximum atomic E-state index is 5.88. The zero-order chi connectivity index (χ0) is 15.0. The van der Waals surface area contributed by atoms with Gasteiger partial charge in [-0.1, -0.05) is 52.0 Å². The normalized spacial score (nSPS) is 18.2. The van der Waals surface area contributed by atoms with E-state index in [9.17, 15) is 0 Å². The molecular formula is C17H29NO2. The fourth-order valence-corrected chi connectivity index (χ4v) is 2.26. The summed E-state index contributed by atoms with van der Waals surface area (Å²) in [6, 6.07) is 8.14. The lowest BCUT2D eigenvalue weighted by Gasteiger charge is -2.39. The van der Waals surface area contributed by atoms with Gasteiger partial charge in [0.05, 0.1) is 13.2 Å². The first-order valence-electron chi connectivity index (χ1n) is 7.75.